The summed E-state index contributed by atoms with van der Waals surface area (Å²) in [6.07, 6.45) is 4.66. The normalized spacial score (nSPS) is 16.8. The molecule has 2 N–H and O–H groups in total. The maximum Gasteiger partial charge on any atom is 0.410 e. The maximum absolute atomic E-state index is 16.1. The summed E-state index contributed by atoms with van der Waals surface area (Å²) in [4.78, 5) is 28.9. The number of anilines is 1. The van der Waals surface area contributed by atoms with Crippen molar-refractivity contribution in [2.45, 2.75) is 75.1 Å². The summed E-state index contributed by atoms with van der Waals surface area (Å²) in [5.41, 5.74) is 5.80. The van der Waals surface area contributed by atoms with Crippen molar-refractivity contribution in [1.29, 1.82) is 0 Å². The van der Waals surface area contributed by atoms with E-state index in [4.69, 9.17) is 13.8 Å². The highest BCUT2D eigenvalue weighted by atomic mass is 32.2. The number of nitrogens with one attached hydrogen (secondary N) is 2. The molecule has 1 aromatic heterocycles. The van der Waals surface area contributed by atoms with E-state index in [1.165, 1.54) is 22.2 Å². The highest BCUT2D eigenvalue weighted by Crippen LogP contribution is 2.44. The molecule has 2 atom stereocenters. The zero-order chi connectivity index (χ0) is 37.7. The first-order valence-electron chi connectivity index (χ1n) is 18.3. The molecule has 1 aliphatic heterocycles. The first kappa shape index (κ1) is 35.4. The molecule has 12 heteroatoms. The summed E-state index contributed by atoms with van der Waals surface area (Å²) in [7, 11) is -2.27. The van der Waals surface area contributed by atoms with Gasteiger partial charge in [-0.2, -0.15) is 9.46 Å². The number of carbonyl (C=O) groups is 2. The van der Waals surface area contributed by atoms with E-state index in [2.05, 4.69) is 21.2 Å². The largest absolute Gasteiger partial charge is 0.475 e. The Bertz CT molecular complexity index is 2220. The van der Waals surface area contributed by atoms with Crippen LogP contribution in [-0.4, -0.2) is 56.3 Å². The molecule has 278 valence electrons. The summed E-state index contributed by atoms with van der Waals surface area (Å²) in [5, 5.41) is 7.70. The fourth-order valence-electron chi connectivity index (χ4n) is 7.47. The van der Waals surface area contributed by atoms with Crippen LogP contribution in [0.1, 0.15) is 59.7 Å². The van der Waals surface area contributed by atoms with Gasteiger partial charge in [-0.3, -0.25) is 0 Å². The molecule has 2 aliphatic carbocycles. The second-order valence-electron chi connectivity index (χ2n) is 15.1. The monoisotopic (exact) mass is 744 g/mol. The van der Waals surface area contributed by atoms with Gasteiger partial charge < -0.3 is 19.7 Å². The van der Waals surface area contributed by atoms with Crippen LogP contribution in [0.2, 0.25) is 0 Å². The van der Waals surface area contributed by atoms with Gasteiger partial charge in [0.2, 0.25) is 5.88 Å². The van der Waals surface area contributed by atoms with Crippen molar-refractivity contribution >= 4 is 27.7 Å². The molecule has 11 nitrogen and oxygen atoms in total. The molecule has 4 aromatic carbocycles. The van der Waals surface area contributed by atoms with Gasteiger partial charge in [0.1, 0.15) is 22.6 Å². The smallest absolute Gasteiger partial charge is 0.410 e. The molecule has 0 spiro atoms. The summed E-state index contributed by atoms with van der Waals surface area (Å²) in [5.74, 6) is 0.203. The van der Waals surface area contributed by atoms with Crippen molar-refractivity contribution in [1.82, 2.24) is 19.4 Å². The number of benzene rings is 4. The molecular formula is C42H44N6O5S. The minimum atomic E-state index is -3.93. The van der Waals surface area contributed by atoms with E-state index in [0.29, 0.717) is 0 Å². The predicted molar refractivity (Wildman–Crippen MR) is 207 cm³/mol. The number of likely N-dealkylation sites (N-methyl/N-ethyl adjacent to an activating group) is 1. The first-order chi connectivity index (χ1) is 25.9. The Kier molecular flexibility index (Phi) is 8.96. The number of carbonyl (C=O) groups excluding carboxylic acids is 2. The van der Waals surface area contributed by atoms with Crippen LogP contribution in [0.5, 0.6) is 5.88 Å². The summed E-state index contributed by atoms with van der Waals surface area (Å²) in [6.45, 7) is 5.77. The maximum atomic E-state index is 16.1. The van der Waals surface area contributed by atoms with Crippen molar-refractivity contribution in [2.75, 3.05) is 19.0 Å². The molecule has 0 unspecified atom stereocenters. The quantitative estimate of drug-likeness (QED) is 0.161. The van der Waals surface area contributed by atoms with Crippen LogP contribution < -0.4 is 14.8 Å². The van der Waals surface area contributed by atoms with E-state index in [-0.39, 0.29) is 23.9 Å². The van der Waals surface area contributed by atoms with Crippen LogP contribution >= 0.6 is 0 Å². The average molecular weight is 745 g/mol. The van der Waals surface area contributed by atoms with Crippen molar-refractivity contribution < 1.29 is 23.3 Å². The van der Waals surface area contributed by atoms with Crippen LogP contribution in [0.15, 0.2) is 113 Å². The first-order valence-corrected chi connectivity index (χ1v) is 19.8. The molecule has 0 bridgehead atoms. The van der Waals surface area contributed by atoms with E-state index >= 15 is 4.21 Å². The molecule has 0 saturated heterocycles. The number of hydrogen-bond acceptors (Lipinski definition) is 7. The number of nitrogens with zero attached hydrogens (tertiary/aromatic N) is 4. The Labute approximate surface area is 316 Å². The third-order valence-corrected chi connectivity index (χ3v) is 12.3. The number of amides is 3. The number of fused-ring (bicyclic) bond motifs is 3. The van der Waals surface area contributed by atoms with Crippen LogP contribution in [0, 0.1) is 0 Å². The van der Waals surface area contributed by atoms with Gasteiger partial charge in [-0.25, -0.2) is 23.2 Å². The predicted octanol–water partition coefficient (Wildman–Crippen LogP) is 7.26. The molecule has 8 rings (SSSR count). The third-order valence-electron chi connectivity index (χ3n) is 10.4. The van der Waals surface area contributed by atoms with Gasteiger partial charge in [-0.15, -0.1) is 0 Å². The lowest BCUT2D eigenvalue weighted by atomic mass is 9.76. The Balaban J connectivity index is 1.28. The second-order valence-corrected chi connectivity index (χ2v) is 16.9. The van der Waals surface area contributed by atoms with Crippen molar-refractivity contribution in [2.24, 2.45) is 4.36 Å². The van der Waals surface area contributed by atoms with Gasteiger partial charge in [0, 0.05) is 12.7 Å². The highest BCUT2D eigenvalue weighted by molar-refractivity contribution is 7.92. The van der Waals surface area contributed by atoms with E-state index in [0.717, 1.165) is 59.2 Å². The molecule has 0 saturated carbocycles. The topological polar surface area (TPSA) is 127 Å². The van der Waals surface area contributed by atoms with Gasteiger partial charge in [-0.05, 0) is 85.4 Å². The zero-order valence-electron chi connectivity index (χ0n) is 30.9. The summed E-state index contributed by atoms with van der Waals surface area (Å²) >= 11 is 0. The molecule has 0 radical (unpaired) electrons. The standard InChI is InChI=1S/C42H44N6O5S/c1-41(2,3)53-40(50)47(4)33-26-48-38(52-27-33)36(25-43-48)54(51,45-39(49)44-37-34-22-20-28(34)24-29-21-23-35(29)37)46-42(30-14-8-5-9-15-30,31-16-10-6-11-17-31)32-18-12-7-13-19-32/h5-19,24-25,33H,20-23,26-27H2,1-4H3,(H2,44,45,46,49,51)/t33-,54+/m0/s1. The summed E-state index contributed by atoms with van der Waals surface area (Å²) < 4.78 is 37.8. The Morgan fingerprint density at radius 2 is 1.41 bits per heavy atom. The molecule has 3 aliphatic rings. The molecule has 54 heavy (non-hydrogen) atoms. The number of urea groups is 1. The molecular weight excluding hydrogens is 701 g/mol. The van der Waals surface area contributed by atoms with Crippen molar-refractivity contribution in [3.63, 3.8) is 0 Å². The lowest BCUT2D eigenvalue weighted by molar-refractivity contribution is 0.0101. The molecule has 3 amide bonds. The molecule has 2 heterocycles. The van der Waals surface area contributed by atoms with E-state index in [1.807, 2.05) is 112 Å². The van der Waals surface area contributed by atoms with E-state index < -0.39 is 39.2 Å². The van der Waals surface area contributed by atoms with Gasteiger partial charge in [-0.1, -0.05) is 97.1 Å². The molecule has 5 aromatic rings. The van der Waals surface area contributed by atoms with Gasteiger partial charge in [0.25, 0.3) is 0 Å². The SMILES string of the molecule is CN(C(=O)OC(C)(C)C)[C@@H]1COc2c([S@](=O)(=NC(c3ccccc3)(c3ccccc3)c3ccccc3)NC(=O)Nc3c4c(cc5c3CC5)CC4)cnn2C1. The van der Waals surface area contributed by atoms with Crippen LogP contribution in [-0.2, 0) is 52.4 Å². The Hall–Kier alpha value is -5.62. The van der Waals surface area contributed by atoms with E-state index in [9.17, 15) is 9.59 Å². The average Bonchev–Trinajstić information content (AvgIpc) is 3.57. The van der Waals surface area contributed by atoms with Crippen LogP contribution in [0.25, 0.3) is 0 Å². The lowest BCUT2D eigenvalue weighted by Crippen LogP contribution is -2.48. The van der Waals surface area contributed by atoms with Crippen LogP contribution in [0.3, 0.4) is 0 Å². The van der Waals surface area contributed by atoms with Gasteiger partial charge in [0.15, 0.2) is 9.92 Å². The number of hydrogen-bond donors (Lipinski definition) is 2. The Morgan fingerprint density at radius 1 is 0.870 bits per heavy atom. The number of ether oxygens (including phenoxy) is 2. The van der Waals surface area contributed by atoms with Crippen molar-refractivity contribution in [3.05, 3.63) is 142 Å². The molecule has 0 fully saturated rings. The second kappa shape index (κ2) is 13.7. The Morgan fingerprint density at radius 3 is 1.89 bits per heavy atom. The number of aryl methyl sites for hydroxylation is 2. The minimum Gasteiger partial charge on any atom is -0.475 e. The van der Waals surface area contributed by atoms with Crippen LogP contribution in [0.4, 0.5) is 15.3 Å². The van der Waals surface area contributed by atoms with Gasteiger partial charge >= 0.3 is 12.1 Å². The third kappa shape index (κ3) is 6.38. The number of aromatic nitrogens is 2. The van der Waals surface area contributed by atoms with Gasteiger partial charge in [0.05, 0.1) is 18.8 Å². The fraction of sp³-hybridized carbons (Fsp3) is 0.310. The summed E-state index contributed by atoms with van der Waals surface area (Å²) in [6, 6.07) is 30.2. The van der Waals surface area contributed by atoms with E-state index in [1.54, 1.807) is 11.7 Å². The lowest BCUT2D eigenvalue weighted by Gasteiger charge is -2.34. The number of rotatable bonds is 8. The fourth-order valence-corrected chi connectivity index (χ4v) is 9.32. The van der Waals surface area contributed by atoms with Crippen molar-refractivity contribution in [3.8, 4) is 5.88 Å². The zero-order valence-corrected chi connectivity index (χ0v) is 31.7. The minimum absolute atomic E-state index is 0.0830. The highest BCUT2D eigenvalue weighted by Gasteiger charge is 2.41.